The lowest BCUT2D eigenvalue weighted by atomic mass is 9.91. The number of carbonyl (C=O) groups excluding carboxylic acids is 2. The second kappa shape index (κ2) is 7.99. The van der Waals surface area contributed by atoms with Gasteiger partial charge < -0.3 is 20.3 Å². The lowest BCUT2D eigenvalue weighted by Gasteiger charge is -2.30. The Morgan fingerprint density at radius 1 is 1.04 bits per heavy atom. The molecule has 2 aliphatic rings. The molecule has 0 aromatic carbocycles. The molecule has 1 saturated carbocycles. The van der Waals surface area contributed by atoms with E-state index in [0.717, 1.165) is 51.6 Å². The van der Waals surface area contributed by atoms with Gasteiger partial charge in [-0.1, -0.05) is 0 Å². The van der Waals surface area contributed by atoms with Gasteiger partial charge in [-0.25, -0.2) is 4.79 Å². The van der Waals surface area contributed by atoms with Crippen molar-refractivity contribution < 1.29 is 14.3 Å². The van der Waals surface area contributed by atoms with E-state index >= 15 is 0 Å². The van der Waals surface area contributed by atoms with Crippen molar-refractivity contribution in [3.05, 3.63) is 0 Å². The van der Waals surface area contributed by atoms with Crippen LogP contribution in [0.4, 0.5) is 4.79 Å². The summed E-state index contributed by atoms with van der Waals surface area (Å²) in [7, 11) is 0. The largest absolute Gasteiger partial charge is 0.444 e. The third-order valence-corrected chi connectivity index (χ3v) is 4.45. The first-order valence-corrected chi connectivity index (χ1v) is 8.84. The highest BCUT2D eigenvalue weighted by atomic mass is 16.6. The van der Waals surface area contributed by atoms with Crippen molar-refractivity contribution in [2.75, 3.05) is 19.6 Å². The average molecular weight is 325 g/mol. The Bertz CT molecular complexity index is 406. The van der Waals surface area contributed by atoms with Gasteiger partial charge in [0.05, 0.1) is 6.54 Å². The lowest BCUT2D eigenvalue weighted by Crippen LogP contribution is -2.46. The highest BCUT2D eigenvalue weighted by Gasteiger charge is 2.25. The fourth-order valence-electron chi connectivity index (χ4n) is 3.23. The van der Waals surface area contributed by atoms with Crippen LogP contribution in [-0.2, 0) is 9.53 Å². The van der Waals surface area contributed by atoms with Crippen molar-refractivity contribution in [3.63, 3.8) is 0 Å². The molecule has 0 aromatic heterocycles. The number of rotatable bonds is 4. The van der Waals surface area contributed by atoms with Crippen LogP contribution in [0.25, 0.3) is 0 Å². The van der Waals surface area contributed by atoms with Crippen LogP contribution in [0.2, 0.25) is 0 Å². The fourth-order valence-corrected chi connectivity index (χ4v) is 3.23. The Morgan fingerprint density at radius 2 is 1.61 bits per heavy atom. The molecule has 132 valence electrons. The molecule has 0 radical (unpaired) electrons. The van der Waals surface area contributed by atoms with Crippen molar-refractivity contribution in [3.8, 4) is 0 Å². The second-order valence-electron chi connectivity index (χ2n) is 7.66. The third kappa shape index (κ3) is 6.37. The van der Waals surface area contributed by atoms with Crippen LogP contribution in [0.3, 0.4) is 0 Å². The summed E-state index contributed by atoms with van der Waals surface area (Å²) in [5, 5.41) is 6.32. The summed E-state index contributed by atoms with van der Waals surface area (Å²) in [6, 6.07) is 0.551. The Hall–Kier alpha value is -1.30. The van der Waals surface area contributed by atoms with Crippen molar-refractivity contribution in [2.24, 2.45) is 0 Å². The molecule has 0 aromatic rings. The van der Waals surface area contributed by atoms with Crippen LogP contribution < -0.4 is 10.6 Å². The lowest BCUT2D eigenvalue weighted by molar-refractivity contribution is -0.129. The van der Waals surface area contributed by atoms with E-state index in [0.29, 0.717) is 12.6 Å². The highest BCUT2D eigenvalue weighted by molar-refractivity contribution is 5.78. The van der Waals surface area contributed by atoms with Gasteiger partial charge in [0.2, 0.25) is 5.91 Å². The zero-order valence-electron chi connectivity index (χ0n) is 14.7. The maximum Gasteiger partial charge on any atom is 0.407 e. The van der Waals surface area contributed by atoms with Crippen LogP contribution >= 0.6 is 0 Å². The van der Waals surface area contributed by atoms with E-state index in [1.54, 1.807) is 0 Å². The van der Waals surface area contributed by atoms with E-state index in [-0.39, 0.29) is 18.0 Å². The molecule has 6 heteroatoms. The quantitative estimate of drug-likeness (QED) is 0.830. The number of likely N-dealkylation sites (tertiary alicyclic amines) is 1. The van der Waals surface area contributed by atoms with Crippen LogP contribution in [0, 0.1) is 0 Å². The van der Waals surface area contributed by atoms with Gasteiger partial charge in [0, 0.05) is 25.2 Å². The molecular formula is C17H31N3O3. The summed E-state index contributed by atoms with van der Waals surface area (Å²) in [4.78, 5) is 25.7. The number of ether oxygens (including phenoxy) is 1. The summed E-state index contributed by atoms with van der Waals surface area (Å²) < 4.78 is 5.29. The Morgan fingerprint density at radius 3 is 2.17 bits per heavy atom. The smallest absolute Gasteiger partial charge is 0.407 e. The molecular weight excluding hydrogens is 294 g/mol. The first-order chi connectivity index (χ1) is 10.8. The number of amides is 2. The molecule has 2 fully saturated rings. The van der Waals surface area contributed by atoms with Gasteiger partial charge in [0.1, 0.15) is 5.60 Å². The van der Waals surface area contributed by atoms with Crippen LogP contribution in [0.1, 0.15) is 59.3 Å². The Kier molecular flexibility index (Phi) is 6.27. The molecule has 1 aliphatic carbocycles. The van der Waals surface area contributed by atoms with Crippen molar-refractivity contribution in [1.82, 2.24) is 15.5 Å². The fraction of sp³-hybridized carbons (Fsp3) is 0.882. The van der Waals surface area contributed by atoms with Gasteiger partial charge in [-0.2, -0.15) is 0 Å². The molecule has 0 atom stereocenters. The number of nitrogens with zero attached hydrogens (tertiary/aromatic N) is 1. The van der Waals surface area contributed by atoms with E-state index in [9.17, 15) is 9.59 Å². The molecule has 2 rings (SSSR count). The molecule has 0 unspecified atom stereocenters. The van der Waals surface area contributed by atoms with Gasteiger partial charge in [-0.05, 0) is 59.3 Å². The summed E-state index contributed by atoms with van der Waals surface area (Å²) in [6.45, 7) is 7.86. The standard InChI is InChI=1S/C17H31N3O3/c1-17(2,3)23-16(22)19-14-8-6-13(7-9-14)18-12-15(21)20-10-4-5-11-20/h13-14,18H,4-12H2,1-3H3,(H,19,22). The van der Waals surface area contributed by atoms with Crippen molar-refractivity contribution in [2.45, 2.75) is 77.0 Å². The van der Waals surface area contributed by atoms with Crippen LogP contribution in [0.5, 0.6) is 0 Å². The normalized spacial score (nSPS) is 25.3. The Labute approximate surface area is 139 Å². The monoisotopic (exact) mass is 325 g/mol. The predicted octanol–water partition coefficient (Wildman–Crippen LogP) is 2.03. The van der Waals surface area contributed by atoms with Gasteiger partial charge in [0.25, 0.3) is 0 Å². The summed E-state index contributed by atoms with van der Waals surface area (Å²) >= 11 is 0. The molecule has 23 heavy (non-hydrogen) atoms. The summed E-state index contributed by atoms with van der Waals surface area (Å²) in [6.07, 6.45) is 5.74. The maximum absolute atomic E-state index is 12.0. The molecule has 0 bridgehead atoms. The zero-order chi connectivity index (χ0) is 16.9. The number of hydrogen-bond donors (Lipinski definition) is 2. The molecule has 2 N–H and O–H groups in total. The first kappa shape index (κ1) is 18.0. The highest BCUT2D eigenvalue weighted by Crippen LogP contribution is 2.19. The molecule has 1 aliphatic heterocycles. The van der Waals surface area contributed by atoms with Crippen LogP contribution in [0.15, 0.2) is 0 Å². The minimum Gasteiger partial charge on any atom is -0.444 e. The van der Waals surface area contributed by atoms with Gasteiger partial charge in [0.15, 0.2) is 0 Å². The van der Waals surface area contributed by atoms with Crippen molar-refractivity contribution in [1.29, 1.82) is 0 Å². The van der Waals surface area contributed by atoms with E-state index < -0.39 is 5.60 Å². The molecule has 1 heterocycles. The number of carbonyl (C=O) groups is 2. The molecule has 0 spiro atoms. The average Bonchev–Trinajstić information content (AvgIpc) is 2.98. The van der Waals surface area contributed by atoms with E-state index in [1.165, 1.54) is 0 Å². The zero-order valence-corrected chi connectivity index (χ0v) is 14.7. The minimum absolute atomic E-state index is 0.178. The molecule has 2 amide bonds. The number of hydrogen-bond acceptors (Lipinski definition) is 4. The third-order valence-electron chi connectivity index (χ3n) is 4.45. The number of alkyl carbamates (subject to hydrolysis) is 1. The number of nitrogens with one attached hydrogen (secondary N) is 2. The SMILES string of the molecule is CC(C)(C)OC(=O)NC1CCC(NCC(=O)N2CCCC2)CC1. The van der Waals surface area contributed by atoms with E-state index in [4.69, 9.17) is 4.74 Å². The second-order valence-corrected chi connectivity index (χ2v) is 7.66. The van der Waals surface area contributed by atoms with E-state index in [2.05, 4.69) is 10.6 Å². The summed E-state index contributed by atoms with van der Waals surface area (Å²) in [5.41, 5.74) is -0.460. The minimum atomic E-state index is -0.460. The Balaban J connectivity index is 1.62. The maximum atomic E-state index is 12.0. The predicted molar refractivity (Wildman–Crippen MR) is 89.2 cm³/mol. The molecule has 6 nitrogen and oxygen atoms in total. The van der Waals surface area contributed by atoms with E-state index in [1.807, 2.05) is 25.7 Å². The molecule has 1 saturated heterocycles. The van der Waals surface area contributed by atoms with Gasteiger partial charge in [-0.15, -0.1) is 0 Å². The van der Waals surface area contributed by atoms with Crippen LogP contribution in [-0.4, -0.2) is 54.2 Å². The van der Waals surface area contributed by atoms with Gasteiger partial charge >= 0.3 is 6.09 Å². The van der Waals surface area contributed by atoms with Gasteiger partial charge in [-0.3, -0.25) is 4.79 Å². The van der Waals surface area contributed by atoms with Crippen molar-refractivity contribution >= 4 is 12.0 Å². The first-order valence-electron chi connectivity index (χ1n) is 8.84. The summed E-state index contributed by atoms with van der Waals surface area (Å²) in [5.74, 6) is 0.219. The topological polar surface area (TPSA) is 70.7 Å².